The van der Waals surface area contributed by atoms with Gasteiger partial charge in [0.05, 0.1) is 4.92 Å². The highest BCUT2D eigenvalue weighted by atomic mass is 16.6. The number of hydrogen-bond acceptors (Lipinski definition) is 4. The third-order valence-corrected chi connectivity index (χ3v) is 2.39. The summed E-state index contributed by atoms with van der Waals surface area (Å²) >= 11 is 0. The third-order valence-electron chi connectivity index (χ3n) is 2.39. The van der Waals surface area contributed by atoms with Crippen LogP contribution >= 0.6 is 0 Å². The lowest BCUT2D eigenvalue weighted by Gasteiger charge is -2.12. The van der Waals surface area contributed by atoms with Crippen LogP contribution < -0.4 is 10.6 Å². The van der Waals surface area contributed by atoms with Crippen LogP contribution in [-0.2, 0) is 4.79 Å². The summed E-state index contributed by atoms with van der Waals surface area (Å²) in [6.07, 6.45) is 0. The lowest BCUT2D eigenvalue weighted by molar-refractivity contribution is -0.384. The van der Waals surface area contributed by atoms with Gasteiger partial charge in [-0.1, -0.05) is 0 Å². The number of rotatable bonds is 4. The van der Waals surface area contributed by atoms with Gasteiger partial charge in [0.25, 0.3) is 5.69 Å². The van der Waals surface area contributed by atoms with Crippen molar-refractivity contribution in [2.24, 2.45) is 0 Å². The Morgan fingerprint density at radius 2 is 2.05 bits per heavy atom. The van der Waals surface area contributed by atoms with Crippen LogP contribution in [0.5, 0.6) is 0 Å². The SMILES string of the molecule is Cc1cc([N+](=O)[O-])ccc1NC(=O)N[C@H](C)C(=O)O. The van der Waals surface area contributed by atoms with Crippen molar-refractivity contribution in [2.45, 2.75) is 19.9 Å². The van der Waals surface area contributed by atoms with Gasteiger partial charge in [-0.05, 0) is 25.5 Å². The van der Waals surface area contributed by atoms with Crippen molar-refractivity contribution in [2.75, 3.05) is 5.32 Å². The van der Waals surface area contributed by atoms with E-state index < -0.39 is 23.0 Å². The zero-order valence-electron chi connectivity index (χ0n) is 10.3. The molecule has 1 atom stereocenters. The van der Waals surface area contributed by atoms with E-state index in [-0.39, 0.29) is 5.69 Å². The van der Waals surface area contributed by atoms with Gasteiger partial charge in [0.15, 0.2) is 0 Å². The quantitative estimate of drug-likeness (QED) is 0.563. The summed E-state index contributed by atoms with van der Waals surface area (Å²) in [5.41, 5.74) is 0.801. The van der Waals surface area contributed by atoms with E-state index in [2.05, 4.69) is 10.6 Å². The number of nitrogens with zero attached hydrogens (tertiary/aromatic N) is 1. The fraction of sp³-hybridized carbons (Fsp3) is 0.273. The largest absolute Gasteiger partial charge is 0.480 e. The van der Waals surface area contributed by atoms with Crippen LogP contribution in [-0.4, -0.2) is 28.1 Å². The molecule has 0 aliphatic heterocycles. The molecular formula is C11H13N3O5. The van der Waals surface area contributed by atoms with Crippen molar-refractivity contribution < 1.29 is 19.6 Å². The molecule has 0 fully saturated rings. The maximum atomic E-state index is 11.5. The van der Waals surface area contributed by atoms with Crippen molar-refractivity contribution >= 4 is 23.4 Å². The lowest BCUT2D eigenvalue weighted by Crippen LogP contribution is -2.40. The normalized spacial score (nSPS) is 11.5. The van der Waals surface area contributed by atoms with E-state index in [1.165, 1.54) is 25.1 Å². The summed E-state index contributed by atoms with van der Waals surface area (Å²) < 4.78 is 0. The van der Waals surface area contributed by atoms with Gasteiger partial charge in [-0.3, -0.25) is 14.9 Å². The number of nitro benzene ring substituents is 1. The second-order valence-corrected chi connectivity index (χ2v) is 3.91. The summed E-state index contributed by atoms with van der Waals surface area (Å²) in [7, 11) is 0. The van der Waals surface area contributed by atoms with Crippen molar-refractivity contribution in [1.29, 1.82) is 0 Å². The minimum Gasteiger partial charge on any atom is -0.480 e. The average Bonchev–Trinajstić information content (AvgIpc) is 2.31. The summed E-state index contributed by atoms with van der Waals surface area (Å²) in [4.78, 5) is 32.0. The van der Waals surface area contributed by atoms with Crippen molar-refractivity contribution in [3.63, 3.8) is 0 Å². The van der Waals surface area contributed by atoms with Gasteiger partial charge < -0.3 is 15.7 Å². The molecule has 0 unspecified atom stereocenters. The summed E-state index contributed by atoms with van der Waals surface area (Å²) in [6.45, 7) is 2.92. The Balaban J connectivity index is 2.75. The third kappa shape index (κ3) is 3.95. The van der Waals surface area contributed by atoms with Crippen LogP contribution in [0.25, 0.3) is 0 Å². The number of hydrogen-bond donors (Lipinski definition) is 3. The van der Waals surface area contributed by atoms with Gasteiger partial charge in [-0.2, -0.15) is 0 Å². The number of carbonyl (C=O) groups excluding carboxylic acids is 1. The number of carboxylic acid groups (broad SMARTS) is 1. The predicted molar refractivity (Wildman–Crippen MR) is 67.1 cm³/mol. The molecule has 8 nitrogen and oxygen atoms in total. The zero-order valence-corrected chi connectivity index (χ0v) is 10.3. The number of nitrogens with one attached hydrogen (secondary N) is 2. The molecule has 8 heteroatoms. The average molecular weight is 267 g/mol. The molecule has 0 saturated heterocycles. The molecule has 0 radical (unpaired) electrons. The smallest absolute Gasteiger partial charge is 0.325 e. The van der Waals surface area contributed by atoms with Crippen LogP contribution in [0.4, 0.5) is 16.2 Å². The molecule has 2 amide bonds. The first-order valence-electron chi connectivity index (χ1n) is 5.36. The highest BCUT2D eigenvalue weighted by molar-refractivity contribution is 5.92. The van der Waals surface area contributed by atoms with Crippen molar-refractivity contribution in [1.82, 2.24) is 5.32 Å². The first-order valence-corrected chi connectivity index (χ1v) is 5.36. The highest BCUT2D eigenvalue weighted by Gasteiger charge is 2.15. The Labute approximate surface area is 108 Å². The zero-order chi connectivity index (χ0) is 14.6. The molecule has 0 aliphatic rings. The molecule has 0 heterocycles. The number of amides is 2. The molecule has 1 rings (SSSR count). The fourth-order valence-corrected chi connectivity index (χ4v) is 1.32. The number of anilines is 1. The first kappa shape index (κ1) is 14.4. The Morgan fingerprint density at radius 3 is 2.53 bits per heavy atom. The topological polar surface area (TPSA) is 122 Å². The number of benzene rings is 1. The molecule has 0 bridgehead atoms. The molecule has 102 valence electrons. The molecule has 1 aromatic rings. The van der Waals surface area contributed by atoms with Gasteiger partial charge >= 0.3 is 12.0 Å². The lowest BCUT2D eigenvalue weighted by atomic mass is 10.2. The van der Waals surface area contributed by atoms with E-state index in [9.17, 15) is 19.7 Å². The molecule has 0 saturated carbocycles. The molecular weight excluding hydrogens is 254 g/mol. The van der Waals surface area contributed by atoms with Gasteiger partial charge in [-0.15, -0.1) is 0 Å². The van der Waals surface area contributed by atoms with E-state index in [1.807, 2.05) is 0 Å². The minimum absolute atomic E-state index is 0.0811. The van der Waals surface area contributed by atoms with Gasteiger partial charge in [0.1, 0.15) is 6.04 Å². The fourth-order valence-electron chi connectivity index (χ4n) is 1.32. The number of aliphatic carboxylic acids is 1. The van der Waals surface area contributed by atoms with Gasteiger partial charge in [0, 0.05) is 17.8 Å². The molecule has 0 aromatic heterocycles. The maximum Gasteiger partial charge on any atom is 0.325 e. The maximum absolute atomic E-state index is 11.5. The standard InChI is InChI=1S/C11H13N3O5/c1-6-5-8(14(18)19)3-4-9(6)13-11(17)12-7(2)10(15)16/h3-5,7H,1-2H3,(H,15,16)(H2,12,13,17)/t7-/m1/s1. The molecule has 1 aromatic carbocycles. The minimum atomic E-state index is -1.16. The second kappa shape index (κ2) is 5.80. The molecule has 3 N–H and O–H groups in total. The first-order chi connectivity index (χ1) is 8.81. The Kier molecular flexibility index (Phi) is 4.41. The van der Waals surface area contributed by atoms with Crippen molar-refractivity contribution in [3.8, 4) is 0 Å². The summed E-state index contributed by atoms with van der Waals surface area (Å²) in [5, 5.41) is 23.8. The second-order valence-electron chi connectivity index (χ2n) is 3.91. The molecule has 0 aliphatic carbocycles. The molecule has 19 heavy (non-hydrogen) atoms. The van der Waals surface area contributed by atoms with Crippen LogP contribution in [0.2, 0.25) is 0 Å². The van der Waals surface area contributed by atoms with Crippen LogP contribution in [0, 0.1) is 17.0 Å². The number of aryl methyl sites for hydroxylation is 1. The van der Waals surface area contributed by atoms with E-state index in [1.54, 1.807) is 6.92 Å². The number of carboxylic acids is 1. The predicted octanol–water partition coefficient (Wildman–Crippen LogP) is 1.50. The number of urea groups is 1. The van der Waals surface area contributed by atoms with Gasteiger partial charge in [-0.25, -0.2) is 4.79 Å². The monoisotopic (exact) mass is 267 g/mol. The number of nitro groups is 1. The van der Waals surface area contributed by atoms with E-state index >= 15 is 0 Å². The summed E-state index contributed by atoms with van der Waals surface area (Å²) in [6, 6.07) is 2.24. The Hall–Kier alpha value is -2.64. The van der Waals surface area contributed by atoms with E-state index in [0.717, 1.165) is 0 Å². The number of carbonyl (C=O) groups is 2. The van der Waals surface area contributed by atoms with Crippen LogP contribution in [0.15, 0.2) is 18.2 Å². The number of non-ortho nitro benzene ring substituents is 1. The van der Waals surface area contributed by atoms with E-state index in [4.69, 9.17) is 5.11 Å². The highest BCUT2D eigenvalue weighted by Crippen LogP contribution is 2.20. The van der Waals surface area contributed by atoms with E-state index in [0.29, 0.717) is 11.3 Å². The summed E-state index contributed by atoms with van der Waals surface area (Å²) in [5.74, 6) is -1.16. The van der Waals surface area contributed by atoms with Gasteiger partial charge in [0.2, 0.25) is 0 Å². The Bertz CT molecular complexity index is 529. The Morgan fingerprint density at radius 1 is 1.42 bits per heavy atom. The van der Waals surface area contributed by atoms with Crippen molar-refractivity contribution in [3.05, 3.63) is 33.9 Å². The van der Waals surface area contributed by atoms with Crippen LogP contribution in [0.1, 0.15) is 12.5 Å². The van der Waals surface area contributed by atoms with Crippen LogP contribution in [0.3, 0.4) is 0 Å². The molecule has 0 spiro atoms.